The summed E-state index contributed by atoms with van der Waals surface area (Å²) >= 11 is 0. The standard InChI is InChI=1S/C9H14O.C8H12O/c10-4-3-9-6-7-1-2-8(9)5-7;1-9-8-5-6-2-3-7(8)4-6/h1-2,7-10H,3-6H2;2-3,6-8H,4-5H2,1H3. The molecular formula is C17H26O2. The molecule has 0 spiro atoms. The maximum atomic E-state index is 8.73. The van der Waals surface area contributed by atoms with E-state index in [9.17, 15) is 0 Å². The van der Waals surface area contributed by atoms with Crippen molar-refractivity contribution in [1.82, 2.24) is 0 Å². The Morgan fingerprint density at radius 1 is 0.947 bits per heavy atom. The lowest BCUT2D eigenvalue weighted by Crippen LogP contribution is -2.15. The summed E-state index contributed by atoms with van der Waals surface area (Å²) in [5.41, 5.74) is 0. The highest BCUT2D eigenvalue weighted by Crippen LogP contribution is 2.44. The SMILES string of the molecule is COC1CC2C=CC1C2.OCCC1CC2C=CC1C2. The average Bonchev–Trinajstić information content (AvgIpc) is 3.19. The zero-order valence-corrected chi connectivity index (χ0v) is 11.9. The van der Waals surface area contributed by atoms with Crippen LogP contribution in [-0.2, 0) is 4.74 Å². The maximum absolute atomic E-state index is 8.73. The van der Waals surface area contributed by atoms with E-state index < -0.39 is 0 Å². The minimum atomic E-state index is 0.377. The van der Waals surface area contributed by atoms with Gasteiger partial charge in [-0.15, -0.1) is 0 Å². The summed E-state index contributed by atoms with van der Waals surface area (Å²) in [5, 5.41) is 8.73. The molecule has 0 radical (unpaired) electrons. The van der Waals surface area contributed by atoms with E-state index in [0.717, 1.165) is 36.0 Å². The summed E-state index contributed by atoms with van der Waals surface area (Å²) in [6.07, 6.45) is 16.2. The van der Waals surface area contributed by atoms with Crippen LogP contribution in [0, 0.1) is 29.6 Å². The normalized spacial score (nSPS) is 44.7. The molecule has 4 bridgehead atoms. The number of hydrogen-bond donors (Lipinski definition) is 1. The highest BCUT2D eigenvalue weighted by atomic mass is 16.5. The van der Waals surface area contributed by atoms with Gasteiger partial charge in [0.1, 0.15) is 0 Å². The molecule has 0 aromatic carbocycles. The van der Waals surface area contributed by atoms with Crippen molar-refractivity contribution in [2.24, 2.45) is 29.6 Å². The highest BCUT2D eigenvalue weighted by Gasteiger charge is 2.35. The number of methoxy groups -OCH3 is 1. The van der Waals surface area contributed by atoms with Crippen LogP contribution in [0.4, 0.5) is 0 Å². The molecule has 2 nitrogen and oxygen atoms in total. The van der Waals surface area contributed by atoms with E-state index in [1.54, 1.807) is 0 Å². The molecule has 2 saturated carbocycles. The molecule has 106 valence electrons. The number of fused-ring (bicyclic) bond motifs is 4. The van der Waals surface area contributed by atoms with E-state index in [4.69, 9.17) is 9.84 Å². The van der Waals surface area contributed by atoms with E-state index >= 15 is 0 Å². The molecule has 0 aromatic rings. The Hall–Kier alpha value is -0.600. The second kappa shape index (κ2) is 5.80. The van der Waals surface area contributed by atoms with Crippen LogP contribution >= 0.6 is 0 Å². The number of aliphatic hydroxyl groups excluding tert-OH is 1. The summed E-state index contributed by atoms with van der Waals surface area (Å²) in [5.74, 6) is 4.08. The molecular weight excluding hydrogens is 236 g/mol. The first-order chi connectivity index (χ1) is 9.30. The summed E-state index contributed by atoms with van der Waals surface area (Å²) in [7, 11) is 1.82. The Morgan fingerprint density at radius 2 is 1.63 bits per heavy atom. The number of hydrogen-bond acceptors (Lipinski definition) is 2. The van der Waals surface area contributed by atoms with E-state index in [1.807, 2.05) is 7.11 Å². The lowest BCUT2D eigenvalue weighted by atomic mass is 9.91. The van der Waals surface area contributed by atoms with Crippen molar-refractivity contribution in [2.75, 3.05) is 13.7 Å². The molecule has 0 amide bonds. The van der Waals surface area contributed by atoms with Crippen LogP contribution in [0.5, 0.6) is 0 Å². The fourth-order valence-corrected chi connectivity index (χ4v) is 4.39. The Balaban J connectivity index is 0.000000117. The topological polar surface area (TPSA) is 29.5 Å². The van der Waals surface area contributed by atoms with Gasteiger partial charge < -0.3 is 9.84 Å². The Labute approximate surface area is 116 Å². The number of aliphatic hydroxyl groups is 1. The fraction of sp³-hybridized carbons (Fsp3) is 0.765. The minimum absolute atomic E-state index is 0.377. The van der Waals surface area contributed by atoms with Gasteiger partial charge in [0.05, 0.1) is 6.10 Å². The lowest BCUT2D eigenvalue weighted by Gasteiger charge is -2.15. The van der Waals surface area contributed by atoms with Crippen LogP contribution < -0.4 is 0 Å². The van der Waals surface area contributed by atoms with Crippen LogP contribution in [-0.4, -0.2) is 24.9 Å². The highest BCUT2D eigenvalue weighted by molar-refractivity contribution is 5.11. The van der Waals surface area contributed by atoms with Gasteiger partial charge in [0, 0.05) is 19.6 Å². The van der Waals surface area contributed by atoms with Crippen molar-refractivity contribution in [2.45, 2.75) is 38.2 Å². The molecule has 0 heterocycles. The largest absolute Gasteiger partial charge is 0.396 e. The molecule has 19 heavy (non-hydrogen) atoms. The summed E-state index contributed by atoms with van der Waals surface area (Å²) in [6, 6.07) is 0. The van der Waals surface area contributed by atoms with E-state index in [-0.39, 0.29) is 0 Å². The average molecular weight is 262 g/mol. The van der Waals surface area contributed by atoms with Gasteiger partial charge in [0.25, 0.3) is 0 Å². The molecule has 0 aromatic heterocycles. The molecule has 0 saturated heterocycles. The van der Waals surface area contributed by atoms with Gasteiger partial charge in [0.15, 0.2) is 0 Å². The van der Waals surface area contributed by atoms with Crippen molar-refractivity contribution < 1.29 is 9.84 Å². The van der Waals surface area contributed by atoms with Crippen molar-refractivity contribution in [3.8, 4) is 0 Å². The Morgan fingerprint density at radius 3 is 2.00 bits per heavy atom. The predicted molar refractivity (Wildman–Crippen MR) is 76.7 cm³/mol. The minimum Gasteiger partial charge on any atom is -0.396 e. The van der Waals surface area contributed by atoms with Gasteiger partial charge >= 0.3 is 0 Å². The summed E-state index contributed by atoms with van der Waals surface area (Å²) in [6.45, 7) is 0.377. The quantitative estimate of drug-likeness (QED) is 0.792. The van der Waals surface area contributed by atoms with Gasteiger partial charge in [-0.25, -0.2) is 0 Å². The van der Waals surface area contributed by atoms with E-state index in [0.29, 0.717) is 12.7 Å². The van der Waals surface area contributed by atoms with E-state index in [2.05, 4.69) is 24.3 Å². The van der Waals surface area contributed by atoms with Crippen LogP contribution in [0.1, 0.15) is 32.1 Å². The Kier molecular flexibility index (Phi) is 4.09. The molecule has 1 N–H and O–H groups in total. The maximum Gasteiger partial charge on any atom is 0.0639 e. The van der Waals surface area contributed by atoms with Gasteiger partial charge in [-0.05, 0) is 55.8 Å². The first-order valence-electron chi connectivity index (χ1n) is 7.80. The van der Waals surface area contributed by atoms with Crippen molar-refractivity contribution in [3.63, 3.8) is 0 Å². The third kappa shape index (κ3) is 2.80. The lowest BCUT2D eigenvalue weighted by molar-refractivity contribution is 0.0825. The van der Waals surface area contributed by atoms with Crippen molar-refractivity contribution in [3.05, 3.63) is 24.3 Å². The van der Waals surface area contributed by atoms with Gasteiger partial charge in [-0.3, -0.25) is 0 Å². The second-order valence-corrected chi connectivity index (χ2v) is 6.61. The van der Waals surface area contributed by atoms with Gasteiger partial charge in [-0.2, -0.15) is 0 Å². The molecule has 6 unspecified atom stereocenters. The van der Waals surface area contributed by atoms with Crippen molar-refractivity contribution >= 4 is 0 Å². The molecule has 2 heteroatoms. The smallest absolute Gasteiger partial charge is 0.0639 e. The first-order valence-corrected chi connectivity index (χ1v) is 7.80. The number of ether oxygens (including phenoxy) is 1. The predicted octanol–water partition coefficient (Wildman–Crippen LogP) is 3.18. The summed E-state index contributed by atoms with van der Waals surface area (Å²) < 4.78 is 5.29. The number of allylic oxidation sites excluding steroid dienone is 3. The first kappa shape index (κ1) is 13.4. The third-order valence-corrected chi connectivity index (χ3v) is 5.44. The zero-order valence-electron chi connectivity index (χ0n) is 11.9. The molecule has 4 rings (SSSR count). The Bertz CT molecular complexity index is 360. The summed E-state index contributed by atoms with van der Waals surface area (Å²) in [4.78, 5) is 0. The monoisotopic (exact) mass is 262 g/mol. The van der Waals surface area contributed by atoms with Crippen LogP contribution in [0.3, 0.4) is 0 Å². The zero-order chi connectivity index (χ0) is 13.2. The molecule has 4 aliphatic carbocycles. The molecule has 4 aliphatic rings. The molecule has 0 aliphatic heterocycles. The van der Waals surface area contributed by atoms with Crippen LogP contribution in [0.25, 0.3) is 0 Å². The fourth-order valence-electron chi connectivity index (χ4n) is 4.39. The van der Waals surface area contributed by atoms with Crippen molar-refractivity contribution in [1.29, 1.82) is 0 Å². The number of rotatable bonds is 3. The van der Waals surface area contributed by atoms with E-state index in [1.165, 1.54) is 25.7 Å². The molecule has 6 atom stereocenters. The third-order valence-electron chi connectivity index (χ3n) is 5.44. The van der Waals surface area contributed by atoms with Crippen LogP contribution in [0.2, 0.25) is 0 Å². The van der Waals surface area contributed by atoms with Gasteiger partial charge in [-0.1, -0.05) is 24.3 Å². The van der Waals surface area contributed by atoms with Crippen LogP contribution in [0.15, 0.2) is 24.3 Å². The molecule has 2 fully saturated rings. The second-order valence-electron chi connectivity index (χ2n) is 6.61. The van der Waals surface area contributed by atoms with Gasteiger partial charge in [0.2, 0.25) is 0 Å².